The minimum absolute atomic E-state index is 0.409. The fourth-order valence-corrected chi connectivity index (χ4v) is 0.901. The Morgan fingerprint density at radius 2 is 2.09 bits per heavy atom. The Morgan fingerprint density at radius 3 is 2.36 bits per heavy atom. The molecule has 1 rings (SSSR count). The zero-order valence-corrected chi connectivity index (χ0v) is 7.64. The molecule has 0 unspecified atom stereocenters. The van der Waals surface area contributed by atoms with Crippen molar-refractivity contribution in [1.82, 2.24) is 0 Å². The standard InChI is InChI=1S/C9H15NO/c1-6(2)8-5-10-9(11-8)7(3)4/h7H,5H2,1-4H3. The molecule has 0 amide bonds. The Bertz CT molecular complexity index is 210. The zero-order valence-electron chi connectivity index (χ0n) is 7.64. The lowest BCUT2D eigenvalue weighted by atomic mass is 10.2. The van der Waals surface area contributed by atoms with Crippen molar-refractivity contribution in [3.8, 4) is 0 Å². The number of nitrogens with zero attached hydrogens (tertiary/aromatic N) is 1. The molecule has 0 N–H and O–H groups in total. The van der Waals surface area contributed by atoms with Gasteiger partial charge in [-0.2, -0.15) is 0 Å². The molecule has 0 spiro atoms. The third-order valence-electron chi connectivity index (χ3n) is 1.66. The summed E-state index contributed by atoms with van der Waals surface area (Å²) in [5.41, 5.74) is 1.23. The quantitative estimate of drug-likeness (QED) is 0.566. The van der Waals surface area contributed by atoms with E-state index >= 15 is 0 Å². The van der Waals surface area contributed by atoms with Crippen LogP contribution in [-0.2, 0) is 4.74 Å². The van der Waals surface area contributed by atoms with Gasteiger partial charge in [-0.05, 0) is 19.4 Å². The van der Waals surface area contributed by atoms with E-state index in [0.29, 0.717) is 5.92 Å². The number of hydrogen-bond donors (Lipinski definition) is 0. The highest BCUT2D eigenvalue weighted by Crippen LogP contribution is 2.16. The van der Waals surface area contributed by atoms with Crippen LogP contribution in [0.15, 0.2) is 16.3 Å². The summed E-state index contributed by atoms with van der Waals surface area (Å²) in [5.74, 6) is 2.31. The topological polar surface area (TPSA) is 21.6 Å². The average molecular weight is 153 g/mol. The minimum Gasteiger partial charge on any atom is -0.446 e. The maximum atomic E-state index is 5.51. The van der Waals surface area contributed by atoms with Crippen molar-refractivity contribution in [2.45, 2.75) is 27.7 Å². The van der Waals surface area contributed by atoms with E-state index in [1.54, 1.807) is 0 Å². The average Bonchev–Trinajstić information content (AvgIpc) is 2.33. The molecule has 2 heteroatoms. The van der Waals surface area contributed by atoms with Crippen molar-refractivity contribution in [2.75, 3.05) is 6.54 Å². The molecule has 0 aromatic heterocycles. The van der Waals surface area contributed by atoms with E-state index in [-0.39, 0.29) is 0 Å². The number of aliphatic imine (C=N–C) groups is 1. The lowest BCUT2D eigenvalue weighted by Gasteiger charge is -2.05. The van der Waals surface area contributed by atoms with Gasteiger partial charge in [0.1, 0.15) is 12.3 Å². The molecule has 1 heterocycles. The summed E-state index contributed by atoms with van der Waals surface area (Å²) in [7, 11) is 0. The molecule has 0 bridgehead atoms. The first-order valence-corrected chi connectivity index (χ1v) is 4.00. The lowest BCUT2D eigenvalue weighted by Crippen LogP contribution is -2.06. The lowest BCUT2D eigenvalue weighted by molar-refractivity contribution is 0.405. The molecule has 1 aliphatic rings. The second-order valence-corrected chi connectivity index (χ2v) is 3.33. The summed E-state index contributed by atoms with van der Waals surface area (Å²) >= 11 is 0. The fourth-order valence-electron chi connectivity index (χ4n) is 0.901. The summed E-state index contributed by atoms with van der Waals surface area (Å²) in [4.78, 5) is 4.27. The number of rotatable bonds is 1. The van der Waals surface area contributed by atoms with Crippen LogP contribution < -0.4 is 0 Å². The van der Waals surface area contributed by atoms with Crippen molar-refractivity contribution in [2.24, 2.45) is 10.9 Å². The molecule has 2 nitrogen and oxygen atoms in total. The van der Waals surface area contributed by atoms with Gasteiger partial charge in [0, 0.05) is 5.92 Å². The van der Waals surface area contributed by atoms with Gasteiger partial charge in [0.15, 0.2) is 5.90 Å². The maximum Gasteiger partial charge on any atom is 0.192 e. The molecule has 0 atom stereocenters. The Labute approximate surface area is 68.0 Å². The highest BCUT2D eigenvalue weighted by molar-refractivity contribution is 5.81. The number of allylic oxidation sites excluding steroid dienone is 1. The molecule has 0 aliphatic carbocycles. The monoisotopic (exact) mass is 153 g/mol. The van der Waals surface area contributed by atoms with Gasteiger partial charge in [0.25, 0.3) is 0 Å². The van der Waals surface area contributed by atoms with E-state index in [1.807, 2.05) is 13.8 Å². The second kappa shape index (κ2) is 3.07. The summed E-state index contributed by atoms with van der Waals surface area (Å²) in [6.07, 6.45) is 0. The maximum absolute atomic E-state index is 5.51. The predicted octanol–water partition coefficient (Wildman–Crippen LogP) is 2.37. The van der Waals surface area contributed by atoms with Crippen molar-refractivity contribution in [1.29, 1.82) is 0 Å². The van der Waals surface area contributed by atoms with Crippen molar-refractivity contribution >= 4 is 5.90 Å². The third kappa shape index (κ3) is 1.82. The van der Waals surface area contributed by atoms with E-state index in [4.69, 9.17) is 4.74 Å². The molecule has 11 heavy (non-hydrogen) atoms. The first kappa shape index (κ1) is 8.31. The molecular weight excluding hydrogens is 138 g/mol. The van der Waals surface area contributed by atoms with Crippen LogP contribution in [0.4, 0.5) is 0 Å². The normalized spacial score (nSPS) is 16.8. The largest absolute Gasteiger partial charge is 0.446 e. The van der Waals surface area contributed by atoms with Gasteiger partial charge in [-0.3, -0.25) is 0 Å². The summed E-state index contributed by atoms with van der Waals surface area (Å²) < 4.78 is 5.51. The number of hydrogen-bond acceptors (Lipinski definition) is 2. The van der Waals surface area contributed by atoms with Gasteiger partial charge in [0.2, 0.25) is 0 Å². The van der Waals surface area contributed by atoms with E-state index in [9.17, 15) is 0 Å². The predicted molar refractivity (Wildman–Crippen MR) is 46.6 cm³/mol. The van der Waals surface area contributed by atoms with E-state index in [1.165, 1.54) is 5.57 Å². The molecule has 0 radical (unpaired) electrons. The van der Waals surface area contributed by atoms with Gasteiger partial charge in [0.05, 0.1) is 0 Å². The zero-order chi connectivity index (χ0) is 8.43. The van der Waals surface area contributed by atoms with E-state index < -0.39 is 0 Å². The van der Waals surface area contributed by atoms with Gasteiger partial charge >= 0.3 is 0 Å². The highest BCUT2D eigenvalue weighted by Gasteiger charge is 2.16. The Kier molecular flexibility index (Phi) is 2.32. The van der Waals surface area contributed by atoms with Crippen molar-refractivity contribution in [3.05, 3.63) is 11.3 Å². The van der Waals surface area contributed by atoms with Crippen LogP contribution in [0.25, 0.3) is 0 Å². The van der Waals surface area contributed by atoms with E-state index in [0.717, 1.165) is 18.2 Å². The molecule has 1 aliphatic heterocycles. The van der Waals surface area contributed by atoms with Crippen molar-refractivity contribution < 1.29 is 4.74 Å². The van der Waals surface area contributed by atoms with Gasteiger partial charge in [-0.1, -0.05) is 13.8 Å². The minimum atomic E-state index is 0.409. The molecule has 62 valence electrons. The van der Waals surface area contributed by atoms with Crippen LogP contribution >= 0.6 is 0 Å². The fraction of sp³-hybridized carbons (Fsp3) is 0.667. The molecule has 0 fully saturated rings. The SMILES string of the molecule is CC(C)=C1CN=C(C(C)C)O1. The van der Waals surface area contributed by atoms with Crippen LogP contribution in [0.3, 0.4) is 0 Å². The Morgan fingerprint density at radius 1 is 1.45 bits per heavy atom. The molecular formula is C9H15NO. The molecule has 0 aromatic carbocycles. The van der Waals surface area contributed by atoms with Crippen LogP contribution in [0.2, 0.25) is 0 Å². The molecule has 0 saturated heterocycles. The molecule has 0 aromatic rings. The van der Waals surface area contributed by atoms with Crippen LogP contribution in [0, 0.1) is 5.92 Å². The van der Waals surface area contributed by atoms with Crippen molar-refractivity contribution in [3.63, 3.8) is 0 Å². The Hall–Kier alpha value is -0.790. The van der Waals surface area contributed by atoms with Crippen LogP contribution in [0.1, 0.15) is 27.7 Å². The number of ether oxygens (including phenoxy) is 1. The summed E-state index contributed by atoms with van der Waals surface area (Å²) in [5, 5.41) is 0. The van der Waals surface area contributed by atoms with Crippen LogP contribution in [-0.4, -0.2) is 12.4 Å². The van der Waals surface area contributed by atoms with E-state index in [2.05, 4.69) is 18.8 Å². The Balaban J connectivity index is 2.64. The smallest absolute Gasteiger partial charge is 0.192 e. The molecule has 0 saturated carbocycles. The third-order valence-corrected chi connectivity index (χ3v) is 1.66. The summed E-state index contributed by atoms with van der Waals surface area (Å²) in [6.45, 7) is 9.01. The van der Waals surface area contributed by atoms with Gasteiger partial charge < -0.3 is 4.74 Å². The van der Waals surface area contributed by atoms with Crippen LogP contribution in [0.5, 0.6) is 0 Å². The summed E-state index contributed by atoms with van der Waals surface area (Å²) in [6, 6.07) is 0. The van der Waals surface area contributed by atoms with Gasteiger partial charge in [-0.15, -0.1) is 0 Å². The first-order chi connectivity index (χ1) is 5.11. The highest BCUT2D eigenvalue weighted by atomic mass is 16.5. The van der Waals surface area contributed by atoms with Gasteiger partial charge in [-0.25, -0.2) is 4.99 Å². The first-order valence-electron chi connectivity index (χ1n) is 4.00. The second-order valence-electron chi connectivity index (χ2n) is 3.33.